The van der Waals surface area contributed by atoms with Crippen LogP contribution < -0.4 is 16.0 Å². The predicted octanol–water partition coefficient (Wildman–Crippen LogP) is 3.32. The average molecular weight is 347 g/mol. The molecule has 0 aliphatic carbocycles. The van der Waals surface area contributed by atoms with Crippen LogP contribution in [-0.4, -0.2) is 32.0 Å². The maximum Gasteiger partial charge on any atom is 0.251 e. The van der Waals surface area contributed by atoms with Crippen molar-refractivity contribution in [1.29, 1.82) is 0 Å². The number of benzene rings is 1. The highest BCUT2D eigenvalue weighted by Gasteiger charge is 2.06. The third-order valence-electron chi connectivity index (χ3n) is 4.43. The van der Waals surface area contributed by atoms with E-state index in [9.17, 15) is 4.79 Å². The van der Waals surface area contributed by atoms with Gasteiger partial charge >= 0.3 is 0 Å². The van der Waals surface area contributed by atoms with E-state index in [0.717, 1.165) is 37.5 Å². The number of carbonyl (C=O) groups is 1. The average Bonchev–Trinajstić information content (AvgIpc) is 2.65. The number of nitrogens with one attached hydrogen (secondary N) is 3. The summed E-state index contributed by atoms with van der Waals surface area (Å²) in [6.07, 6.45) is 4.43. The number of hydrogen-bond acceptors (Lipinski definition) is 2. The molecule has 0 heterocycles. The summed E-state index contributed by atoms with van der Waals surface area (Å²) in [6.45, 7) is 8.89. The Morgan fingerprint density at radius 3 is 2.28 bits per heavy atom. The zero-order chi connectivity index (χ0) is 18.5. The minimum Gasteiger partial charge on any atom is -0.356 e. The van der Waals surface area contributed by atoms with E-state index < -0.39 is 0 Å². The second-order valence-corrected chi connectivity index (χ2v) is 6.30. The summed E-state index contributed by atoms with van der Waals surface area (Å²) in [4.78, 5) is 16.3. The Labute approximate surface area is 152 Å². The molecule has 0 saturated carbocycles. The van der Waals surface area contributed by atoms with E-state index in [2.05, 4.69) is 41.7 Å². The van der Waals surface area contributed by atoms with Crippen LogP contribution in [0.4, 0.5) is 0 Å². The largest absolute Gasteiger partial charge is 0.356 e. The summed E-state index contributed by atoms with van der Waals surface area (Å²) in [5.74, 6) is 1.48. The molecule has 1 aromatic carbocycles. The van der Waals surface area contributed by atoms with Gasteiger partial charge in [-0.2, -0.15) is 0 Å². The van der Waals surface area contributed by atoms with Gasteiger partial charge in [0.05, 0.1) is 0 Å². The minimum absolute atomic E-state index is 0.00407. The van der Waals surface area contributed by atoms with E-state index in [1.807, 2.05) is 24.3 Å². The van der Waals surface area contributed by atoms with E-state index in [1.165, 1.54) is 12.8 Å². The highest BCUT2D eigenvalue weighted by atomic mass is 16.1. The Kier molecular flexibility index (Phi) is 10.4. The molecule has 0 unspecified atom stereocenters. The van der Waals surface area contributed by atoms with Crippen molar-refractivity contribution in [3.8, 4) is 0 Å². The van der Waals surface area contributed by atoms with Gasteiger partial charge in [-0.3, -0.25) is 9.79 Å². The Morgan fingerprint density at radius 1 is 1.04 bits per heavy atom. The zero-order valence-electron chi connectivity index (χ0n) is 16.2. The normalized spacial score (nSPS) is 11.5. The van der Waals surface area contributed by atoms with Crippen LogP contribution in [0.1, 0.15) is 62.4 Å². The second kappa shape index (κ2) is 12.3. The molecule has 5 heteroatoms. The predicted molar refractivity (Wildman–Crippen MR) is 106 cm³/mol. The molecule has 25 heavy (non-hydrogen) atoms. The molecular weight excluding hydrogens is 312 g/mol. The van der Waals surface area contributed by atoms with Crippen molar-refractivity contribution in [2.24, 2.45) is 10.9 Å². The molecule has 0 aromatic heterocycles. The highest BCUT2D eigenvalue weighted by Crippen LogP contribution is 2.06. The number of nitrogens with zero attached hydrogens (tertiary/aromatic N) is 1. The van der Waals surface area contributed by atoms with Crippen molar-refractivity contribution in [3.63, 3.8) is 0 Å². The Balaban J connectivity index is 2.45. The molecule has 0 atom stereocenters. The smallest absolute Gasteiger partial charge is 0.251 e. The molecule has 0 aliphatic rings. The maximum atomic E-state index is 12.0. The number of carbonyl (C=O) groups excluding carboxylic acids is 1. The summed E-state index contributed by atoms with van der Waals surface area (Å²) in [5, 5.41) is 9.63. The van der Waals surface area contributed by atoms with Crippen molar-refractivity contribution in [1.82, 2.24) is 16.0 Å². The first-order valence-corrected chi connectivity index (χ1v) is 9.46. The third-order valence-corrected chi connectivity index (χ3v) is 4.43. The van der Waals surface area contributed by atoms with Crippen LogP contribution in [-0.2, 0) is 6.54 Å². The summed E-state index contributed by atoms with van der Waals surface area (Å²) in [5.41, 5.74) is 1.83. The maximum absolute atomic E-state index is 12.0. The van der Waals surface area contributed by atoms with Crippen LogP contribution in [0.3, 0.4) is 0 Å². The van der Waals surface area contributed by atoms with Crippen LogP contribution in [0, 0.1) is 5.92 Å². The zero-order valence-corrected chi connectivity index (χ0v) is 16.2. The quantitative estimate of drug-likeness (QED) is 0.346. The summed E-state index contributed by atoms with van der Waals surface area (Å²) in [6, 6.07) is 7.71. The molecule has 0 aliphatic heterocycles. The number of aliphatic imine (C=N–C) groups is 1. The van der Waals surface area contributed by atoms with E-state index in [0.29, 0.717) is 18.0 Å². The fraction of sp³-hybridized carbons (Fsp3) is 0.600. The molecule has 0 radical (unpaired) electrons. The van der Waals surface area contributed by atoms with Crippen LogP contribution >= 0.6 is 0 Å². The summed E-state index contributed by atoms with van der Waals surface area (Å²) < 4.78 is 0. The SMILES string of the molecule is CCCCNC(=O)c1ccc(CNC(=NC)NCC(CC)CC)cc1. The van der Waals surface area contributed by atoms with Crippen molar-refractivity contribution in [3.05, 3.63) is 35.4 Å². The van der Waals surface area contributed by atoms with Crippen LogP contribution in [0.25, 0.3) is 0 Å². The van der Waals surface area contributed by atoms with Crippen LogP contribution in [0.2, 0.25) is 0 Å². The summed E-state index contributed by atoms with van der Waals surface area (Å²) >= 11 is 0. The molecule has 1 rings (SSSR count). The molecule has 140 valence electrons. The number of amides is 1. The van der Waals surface area contributed by atoms with Crippen LogP contribution in [0.15, 0.2) is 29.3 Å². The first kappa shape index (κ1) is 21.0. The number of rotatable bonds is 10. The molecule has 1 aromatic rings. The Hall–Kier alpha value is -2.04. The summed E-state index contributed by atoms with van der Waals surface area (Å²) in [7, 11) is 1.78. The topological polar surface area (TPSA) is 65.5 Å². The van der Waals surface area contributed by atoms with Gasteiger partial charge in [0.1, 0.15) is 0 Å². The highest BCUT2D eigenvalue weighted by molar-refractivity contribution is 5.94. The Morgan fingerprint density at radius 2 is 1.72 bits per heavy atom. The lowest BCUT2D eigenvalue weighted by atomic mass is 10.0. The standard InChI is InChI=1S/C20H34N4O/c1-5-8-13-22-19(25)18-11-9-17(10-12-18)15-24-20(21-4)23-14-16(6-2)7-3/h9-12,16H,5-8,13-15H2,1-4H3,(H,22,25)(H2,21,23,24). The molecular formula is C20H34N4O. The van der Waals surface area contributed by atoms with Crippen molar-refractivity contribution in [2.45, 2.75) is 53.0 Å². The van der Waals surface area contributed by atoms with Gasteiger partial charge < -0.3 is 16.0 Å². The first-order chi connectivity index (χ1) is 12.1. The third kappa shape index (κ3) is 8.05. The van der Waals surface area contributed by atoms with Crippen molar-refractivity contribution < 1.29 is 4.79 Å². The van der Waals surface area contributed by atoms with E-state index in [4.69, 9.17) is 0 Å². The number of hydrogen-bond donors (Lipinski definition) is 3. The van der Waals surface area contributed by atoms with E-state index in [1.54, 1.807) is 7.05 Å². The van der Waals surface area contributed by atoms with Gasteiger partial charge in [-0.1, -0.05) is 52.2 Å². The molecule has 0 spiro atoms. The lowest BCUT2D eigenvalue weighted by Crippen LogP contribution is -2.39. The molecule has 1 amide bonds. The molecule has 3 N–H and O–H groups in total. The van der Waals surface area contributed by atoms with Gasteiger partial charge in [-0.15, -0.1) is 0 Å². The van der Waals surface area contributed by atoms with Gasteiger partial charge in [0.15, 0.2) is 5.96 Å². The van der Waals surface area contributed by atoms with Gasteiger partial charge in [0.2, 0.25) is 0 Å². The van der Waals surface area contributed by atoms with Gasteiger partial charge in [0, 0.05) is 32.2 Å². The lowest BCUT2D eigenvalue weighted by molar-refractivity contribution is 0.0953. The first-order valence-electron chi connectivity index (χ1n) is 9.46. The number of guanidine groups is 1. The van der Waals surface area contributed by atoms with Crippen molar-refractivity contribution in [2.75, 3.05) is 20.1 Å². The monoisotopic (exact) mass is 346 g/mol. The van der Waals surface area contributed by atoms with E-state index in [-0.39, 0.29) is 5.91 Å². The molecule has 0 fully saturated rings. The van der Waals surface area contributed by atoms with Crippen LogP contribution in [0.5, 0.6) is 0 Å². The minimum atomic E-state index is -0.00407. The molecule has 0 saturated heterocycles. The molecule has 5 nitrogen and oxygen atoms in total. The number of unbranched alkanes of at least 4 members (excludes halogenated alkanes) is 1. The van der Waals surface area contributed by atoms with Gasteiger partial charge in [-0.25, -0.2) is 0 Å². The second-order valence-electron chi connectivity index (χ2n) is 6.30. The van der Waals surface area contributed by atoms with E-state index >= 15 is 0 Å². The van der Waals surface area contributed by atoms with Gasteiger partial charge in [-0.05, 0) is 30.0 Å². The van der Waals surface area contributed by atoms with Gasteiger partial charge in [0.25, 0.3) is 5.91 Å². The fourth-order valence-corrected chi connectivity index (χ4v) is 2.48. The lowest BCUT2D eigenvalue weighted by Gasteiger charge is -2.16. The molecule has 0 bridgehead atoms. The fourth-order valence-electron chi connectivity index (χ4n) is 2.48. The van der Waals surface area contributed by atoms with Crippen molar-refractivity contribution >= 4 is 11.9 Å². The Bertz CT molecular complexity index is 521.